The zero-order valence-corrected chi connectivity index (χ0v) is 11.1. The van der Waals surface area contributed by atoms with Crippen LogP contribution in [0.25, 0.3) is 0 Å². The van der Waals surface area contributed by atoms with Crippen molar-refractivity contribution in [2.45, 2.75) is 19.4 Å². The minimum Gasteiger partial charge on any atom is -0.485 e. The molecule has 0 saturated heterocycles. The molecule has 0 amide bonds. The molecule has 118 valence electrons. The minimum absolute atomic E-state index is 0.00580. The van der Waals surface area contributed by atoms with Crippen LogP contribution in [-0.4, -0.2) is 24.7 Å². The summed E-state index contributed by atoms with van der Waals surface area (Å²) in [6.45, 7) is 1.77. The summed E-state index contributed by atoms with van der Waals surface area (Å²) in [6, 6.07) is 0. The van der Waals surface area contributed by atoms with E-state index in [-0.39, 0.29) is 6.61 Å². The first kappa shape index (κ1) is 17.2. The van der Waals surface area contributed by atoms with E-state index in [9.17, 15) is 26.7 Å². The molecule has 0 aliphatic heterocycles. The molecule has 21 heavy (non-hydrogen) atoms. The highest BCUT2D eigenvalue weighted by Crippen LogP contribution is 2.29. The van der Waals surface area contributed by atoms with Crippen molar-refractivity contribution in [1.29, 1.82) is 0 Å². The van der Waals surface area contributed by atoms with Gasteiger partial charge < -0.3 is 15.2 Å². The predicted octanol–water partition coefficient (Wildman–Crippen LogP) is 2.04. The molecular formula is C12H12F5NO3. The van der Waals surface area contributed by atoms with E-state index in [1.807, 2.05) is 0 Å². The molecule has 0 heterocycles. The number of hydrogen-bond donors (Lipinski definition) is 1. The summed E-state index contributed by atoms with van der Waals surface area (Å²) >= 11 is 0. The monoisotopic (exact) mass is 313 g/mol. The number of halogens is 5. The predicted molar refractivity (Wildman–Crippen MR) is 61.0 cm³/mol. The van der Waals surface area contributed by atoms with Crippen LogP contribution in [0.5, 0.6) is 5.75 Å². The van der Waals surface area contributed by atoms with E-state index in [2.05, 4.69) is 9.47 Å². The largest absolute Gasteiger partial charge is 0.485 e. The maximum absolute atomic E-state index is 13.3. The Bertz CT molecular complexity index is 533. The van der Waals surface area contributed by atoms with Crippen LogP contribution in [-0.2, 0) is 9.53 Å². The fourth-order valence-electron chi connectivity index (χ4n) is 1.29. The average Bonchev–Trinajstić information content (AvgIpc) is 2.43. The fraction of sp³-hybridized carbons (Fsp3) is 0.417. The molecule has 0 spiro atoms. The molecule has 1 unspecified atom stereocenters. The van der Waals surface area contributed by atoms with E-state index in [1.54, 1.807) is 0 Å². The summed E-state index contributed by atoms with van der Waals surface area (Å²) in [6.07, 6.45) is 0. The Labute approximate surface area is 116 Å². The van der Waals surface area contributed by atoms with Crippen molar-refractivity contribution in [3.8, 4) is 5.75 Å². The number of rotatable bonds is 5. The first-order valence-corrected chi connectivity index (χ1v) is 5.73. The fourth-order valence-corrected chi connectivity index (χ4v) is 1.29. The molecule has 1 aromatic rings. The van der Waals surface area contributed by atoms with Crippen molar-refractivity contribution in [1.82, 2.24) is 0 Å². The van der Waals surface area contributed by atoms with E-state index in [4.69, 9.17) is 5.73 Å². The van der Waals surface area contributed by atoms with Crippen LogP contribution in [0.4, 0.5) is 22.0 Å². The van der Waals surface area contributed by atoms with Gasteiger partial charge in [-0.05, 0) is 13.8 Å². The zero-order chi connectivity index (χ0) is 16.4. The number of benzene rings is 1. The van der Waals surface area contributed by atoms with Crippen LogP contribution >= 0.6 is 0 Å². The van der Waals surface area contributed by atoms with E-state index in [0.29, 0.717) is 0 Å². The van der Waals surface area contributed by atoms with Crippen molar-refractivity contribution in [3.63, 3.8) is 0 Å². The molecule has 0 fully saturated rings. The maximum atomic E-state index is 13.3. The van der Waals surface area contributed by atoms with Gasteiger partial charge in [0.2, 0.25) is 29.1 Å². The first-order valence-electron chi connectivity index (χ1n) is 5.73. The highest BCUT2D eigenvalue weighted by molar-refractivity contribution is 5.80. The maximum Gasteiger partial charge on any atom is 0.329 e. The van der Waals surface area contributed by atoms with Gasteiger partial charge in [-0.25, -0.2) is 18.0 Å². The summed E-state index contributed by atoms with van der Waals surface area (Å²) in [5, 5.41) is 0. The van der Waals surface area contributed by atoms with Crippen molar-refractivity contribution in [3.05, 3.63) is 29.1 Å². The summed E-state index contributed by atoms with van der Waals surface area (Å²) in [5.41, 5.74) is 3.67. The molecule has 2 N–H and O–H groups in total. The van der Waals surface area contributed by atoms with Gasteiger partial charge in [0.25, 0.3) is 0 Å². The lowest BCUT2D eigenvalue weighted by atomic mass is 10.1. The van der Waals surface area contributed by atoms with Gasteiger partial charge in [0.15, 0.2) is 5.75 Å². The average molecular weight is 313 g/mol. The Balaban J connectivity index is 3.03. The number of carbonyl (C=O) groups excluding carboxylic acids is 1. The molecule has 4 nitrogen and oxygen atoms in total. The molecule has 1 aromatic carbocycles. The zero-order valence-electron chi connectivity index (χ0n) is 11.1. The summed E-state index contributed by atoms with van der Waals surface area (Å²) in [5.74, 6) is -13.4. The van der Waals surface area contributed by atoms with Crippen molar-refractivity contribution in [2.24, 2.45) is 5.73 Å². The molecule has 0 radical (unpaired) electrons. The molecule has 0 bridgehead atoms. The van der Waals surface area contributed by atoms with Gasteiger partial charge >= 0.3 is 5.97 Å². The second-order valence-electron chi connectivity index (χ2n) is 4.33. The van der Waals surface area contributed by atoms with Crippen LogP contribution in [0.1, 0.15) is 13.8 Å². The smallest absolute Gasteiger partial charge is 0.329 e. The van der Waals surface area contributed by atoms with Crippen molar-refractivity contribution < 1.29 is 36.2 Å². The van der Waals surface area contributed by atoms with Gasteiger partial charge in [0.05, 0.1) is 6.61 Å². The second kappa shape index (κ2) is 6.25. The molecule has 1 atom stereocenters. The Morgan fingerprint density at radius 3 is 1.90 bits per heavy atom. The van der Waals surface area contributed by atoms with Crippen molar-refractivity contribution >= 4 is 5.97 Å². The molecule has 9 heteroatoms. The summed E-state index contributed by atoms with van der Waals surface area (Å²) < 4.78 is 74.4. The third-order valence-corrected chi connectivity index (χ3v) is 2.43. The molecule has 0 aliphatic carbocycles. The molecule has 0 saturated carbocycles. The van der Waals surface area contributed by atoms with Gasteiger partial charge in [0.1, 0.15) is 12.1 Å². The Morgan fingerprint density at radius 1 is 1.05 bits per heavy atom. The van der Waals surface area contributed by atoms with Gasteiger partial charge in [-0.15, -0.1) is 0 Å². The number of hydrogen-bond acceptors (Lipinski definition) is 4. The summed E-state index contributed by atoms with van der Waals surface area (Å²) in [7, 11) is 0. The molecule has 1 rings (SSSR count). The summed E-state index contributed by atoms with van der Waals surface area (Å²) in [4.78, 5) is 11.4. The van der Waals surface area contributed by atoms with Gasteiger partial charge in [-0.1, -0.05) is 0 Å². The van der Waals surface area contributed by atoms with Crippen LogP contribution in [0.15, 0.2) is 0 Å². The van der Waals surface area contributed by atoms with E-state index < -0.39 is 53.0 Å². The quantitative estimate of drug-likeness (QED) is 0.391. The topological polar surface area (TPSA) is 61.5 Å². The number of carbonyl (C=O) groups is 1. The van der Waals surface area contributed by atoms with Crippen LogP contribution in [0.2, 0.25) is 0 Å². The Kier molecular flexibility index (Phi) is 5.10. The molecule has 0 aromatic heterocycles. The van der Waals surface area contributed by atoms with Crippen LogP contribution in [0.3, 0.4) is 0 Å². The minimum atomic E-state index is -2.31. The van der Waals surface area contributed by atoms with Gasteiger partial charge in [0, 0.05) is 0 Å². The highest BCUT2D eigenvalue weighted by Gasteiger charge is 2.33. The lowest BCUT2D eigenvalue weighted by molar-refractivity contribution is -0.150. The highest BCUT2D eigenvalue weighted by atomic mass is 19.2. The number of ether oxygens (including phenoxy) is 2. The second-order valence-corrected chi connectivity index (χ2v) is 4.33. The van der Waals surface area contributed by atoms with E-state index >= 15 is 0 Å². The molecule has 0 aliphatic rings. The van der Waals surface area contributed by atoms with Gasteiger partial charge in [-0.2, -0.15) is 8.78 Å². The lowest BCUT2D eigenvalue weighted by Crippen LogP contribution is -2.51. The van der Waals surface area contributed by atoms with Crippen LogP contribution < -0.4 is 10.5 Å². The third-order valence-electron chi connectivity index (χ3n) is 2.43. The molecular weight excluding hydrogens is 301 g/mol. The SMILES string of the molecule is CCOC(=O)C(C)(N)COc1c(F)c(F)c(F)c(F)c1F. The van der Waals surface area contributed by atoms with E-state index in [1.165, 1.54) is 6.92 Å². The number of nitrogens with two attached hydrogens (primary N) is 1. The van der Waals surface area contributed by atoms with Crippen LogP contribution in [0, 0.1) is 29.1 Å². The first-order chi connectivity index (χ1) is 9.63. The van der Waals surface area contributed by atoms with Crippen molar-refractivity contribution in [2.75, 3.05) is 13.2 Å². The standard InChI is InChI=1S/C12H12F5NO3/c1-3-20-11(19)12(2,18)4-21-10-8(16)6(14)5(13)7(15)9(10)17/h3-4,18H2,1-2H3. The third kappa shape index (κ3) is 3.41. The van der Waals surface area contributed by atoms with Gasteiger partial charge in [-0.3, -0.25) is 0 Å². The normalized spacial score (nSPS) is 13.7. The lowest BCUT2D eigenvalue weighted by Gasteiger charge is -2.22. The Morgan fingerprint density at radius 2 is 1.48 bits per heavy atom. The Hall–Kier alpha value is -1.90. The van der Waals surface area contributed by atoms with E-state index in [0.717, 1.165) is 6.92 Å². The number of esters is 1.